The molecule has 0 unspecified atom stereocenters. The van der Waals surface area contributed by atoms with E-state index < -0.39 is 69.7 Å². The molecule has 11 heteroatoms. The summed E-state index contributed by atoms with van der Waals surface area (Å²) in [6.45, 7) is 27.3. The number of aliphatic hydroxyl groups excluding tert-OH is 1. The maximum absolute atomic E-state index is 12.2. The molecular weight excluding hydrogens is 625 g/mol. The van der Waals surface area contributed by atoms with Crippen molar-refractivity contribution in [2.45, 2.75) is 193 Å². The number of allylic oxidation sites excluding steroid dienone is 1. The van der Waals surface area contributed by atoms with Gasteiger partial charge in [-0.05, 0) is 63.0 Å². The summed E-state index contributed by atoms with van der Waals surface area (Å²) in [6, 6.07) is 0. The largest absolute Gasteiger partial charge is 0.408 e. The average Bonchev–Trinajstić information content (AvgIpc) is 3.19. The summed E-state index contributed by atoms with van der Waals surface area (Å²) in [5.41, 5.74) is 0. The molecule has 1 heterocycles. The lowest BCUT2D eigenvalue weighted by atomic mass is 9.99. The maximum atomic E-state index is 12.2. The molecule has 0 bridgehead atoms. The van der Waals surface area contributed by atoms with E-state index in [1.165, 1.54) is 44.9 Å². The molecule has 45 heavy (non-hydrogen) atoms. The fourth-order valence-corrected chi connectivity index (χ4v) is 8.14. The molecule has 1 saturated heterocycles. The van der Waals surface area contributed by atoms with Gasteiger partial charge in [0.25, 0.3) is 10.1 Å². The predicted octanol–water partition coefficient (Wildman–Crippen LogP) is 8.71. The van der Waals surface area contributed by atoms with E-state index in [0.717, 1.165) is 19.1 Å². The van der Waals surface area contributed by atoms with E-state index in [2.05, 4.69) is 86.8 Å². The Bertz CT molecular complexity index is 999. The Kier molecular flexibility index (Phi) is 16.7. The van der Waals surface area contributed by atoms with Crippen molar-refractivity contribution in [2.24, 2.45) is 0 Å². The van der Waals surface area contributed by atoms with Crippen molar-refractivity contribution in [1.29, 1.82) is 0 Å². The Labute approximate surface area is 279 Å². The molecule has 0 aromatic rings. The van der Waals surface area contributed by atoms with Gasteiger partial charge in [-0.2, -0.15) is 8.42 Å². The summed E-state index contributed by atoms with van der Waals surface area (Å²) in [7, 11) is -8.63. The molecule has 0 aromatic carbocycles. The molecule has 1 fully saturated rings. The summed E-state index contributed by atoms with van der Waals surface area (Å²) < 4.78 is 57.0. The van der Waals surface area contributed by atoms with E-state index in [1.54, 1.807) is 13.8 Å². The Morgan fingerprint density at radius 1 is 0.822 bits per heavy atom. The summed E-state index contributed by atoms with van der Waals surface area (Å²) in [5.74, 6) is -1.05. The van der Waals surface area contributed by atoms with Crippen LogP contribution in [0.3, 0.4) is 0 Å². The summed E-state index contributed by atoms with van der Waals surface area (Å²) >= 11 is 0. The van der Waals surface area contributed by atoms with Crippen LogP contribution in [0.25, 0.3) is 0 Å². The van der Waals surface area contributed by atoms with Gasteiger partial charge in [0, 0.05) is 0 Å². The van der Waals surface area contributed by atoms with E-state index in [9.17, 15) is 13.5 Å². The first-order valence-electron chi connectivity index (χ1n) is 17.2. The summed E-state index contributed by atoms with van der Waals surface area (Å²) in [4.78, 5) is 0. The highest BCUT2D eigenvalue weighted by Crippen LogP contribution is 2.44. The molecule has 0 saturated carbocycles. The minimum atomic E-state index is -3.88. The molecule has 1 aliphatic rings. The standard InChI is InChI=1S/C34H70O8SSi2/c1-15-16-17-18-19-20-21-22-23-24-25-27(41-44(11,12)32(2,3)4)30(42-45(13,14)33(5,6)7)31-29(38-34(8,9)39-31)28(26-35)40-43(10,36)37/h24-25,27-31,35H,15-23,26H2,1-14H3/t27-,28+,29-,30-,31-/m0/s1. The Balaban J connectivity index is 3.54. The van der Waals surface area contributed by atoms with Gasteiger partial charge in [0.05, 0.1) is 19.0 Å². The van der Waals surface area contributed by atoms with Gasteiger partial charge in [-0.3, -0.25) is 4.18 Å². The Hall–Kier alpha value is -0.116. The molecule has 0 radical (unpaired) electrons. The van der Waals surface area contributed by atoms with E-state index >= 15 is 0 Å². The first-order chi connectivity index (χ1) is 20.4. The molecule has 0 amide bonds. The van der Waals surface area contributed by atoms with Crippen LogP contribution in [-0.4, -0.2) is 79.3 Å². The van der Waals surface area contributed by atoms with Crippen LogP contribution < -0.4 is 0 Å². The highest BCUT2D eigenvalue weighted by molar-refractivity contribution is 7.86. The van der Waals surface area contributed by atoms with Crippen molar-refractivity contribution >= 4 is 26.8 Å². The second-order valence-corrected chi connectivity index (χ2v) is 27.6. The molecule has 0 aromatic heterocycles. The number of hydrogen-bond donors (Lipinski definition) is 1. The molecule has 8 nitrogen and oxygen atoms in total. The third kappa shape index (κ3) is 14.5. The SMILES string of the molecule is CCCCCCCCCCC=C[C@H](O[Si](C)(C)C(C)(C)C)[C@H](O[Si](C)(C)C(C)(C)C)[C@H]1OC(C)(C)O[C@H]1[C@@H](CO)OS(C)(=O)=O. The number of unbranched alkanes of at least 4 members (excludes halogenated alkanes) is 8. The van der Waals surface area contributed by atoms with Gasteiger partial charge in [0.15, 0.2) is 22.4 Å². The van der Waals surface area contributed by atoms with Crippen LogP contribution in [0.5, 0.6) is 0 Å². The second-order valence-electron chi connectivity index (χ2n) is 16.5. The molecule has 0 spiro atoms. The van der Waals surface area contributed by atoms with Crippen molar-refractivity contribution in [2.75, 3.05) is 12.9 Å². The highest BCUT2D eigenvalue weighted by Gasteiger charge is 2.55. The second kappa shape index (κ2) is 17.5. The molecule has 268 valence electrons. The van der Waals surface area contributed by atoms with Crippen LogP contribution in [0.4, 0.5) is 0 Å². The fraction of sp³-hybridized carbons (Fsp3) is 0.941. The van der Waals surface area contributed by atoms with Crippen molar-refractivity contribution in [3.63, 3.8) is 0 Å². The van der Waals surface area contributed by atoms with Crippen LogP contribution in [-0.2, 0) is 32.6 Å². The van der Waals surface area contributed by atoms with Crippen molar-refractivity contribution in [3.8, 4) is 0 Å². The quantitative estimate of drug-likeness (QED) is 0.0585. The Morgan fingerprint density at radius 3 is 1.76 bits per heavy atom. The zero-order valence-corrected chi connectivity index (χ0v) is 34.1. The lowest BCUT2D eigenvalue weighted by Gasteiger charge is -2.46. The highest BCUT2D eigenvalue weighted by atomic mass is 32.2. The first kappa shape index (κ1) is 42.9. The zero-order valence-electron chi connectivity index (χ0n) is 31.3. The van der Waals surface area contributed by atoms with Gasteiger partial charge >= 0.3 is 0 Å². The van der Waals surface area contributed by atoms with Gasteiger partial charge in [0.1, 0.15) is 24.4 Å². The van der Waals surface area contributed by atoms with E-state index in [-0.39, 0.29) is 10.1 Å². The molecule has 1 rings (SSSR count). The fourth-order valence-electron chi connectivity index (χ4n) is 4.97. The van der Waals surface area contributed by atoms with Gasteiger partial charge < -0.3 is 23.4 Å². The minimum absolute atomic E-state index is 0.0584. The lowest BCUT2D eigenvalue weighted by molar-refractivity contribution is -0.162. The first-order valence-corrected chi connectivity index (χ1v) is 24.9. The number of hydrogen-bond acceptors (Lipinski definition) is 8. The average molecular weight is 695 g/mol. The van der Waals surface area contributed by atoms with Gasteiger partial charge in [-0.1, -0.05) is 106 Å². The topological polar surface area (TPSA) is 101 Å². The van der Waals surface area contributed by atoms with Gasteiger partial charge in [0.2, 0.25) is 0 Å². The molecular formula is C34H70O8SSi2. The van der Waals surface area contributed by atoms with Crippen LogP contribution in [0.1, 0.15) is 120 Å². The van der Waals surface area contributed by atoms with Crippen molar-refractivity contribution in [1.82, 2.24) is 0 Å². The van der Waals surface area contributed by atoms with Gasteiger partial charge in [-0.25, -0.2) is 0 Å². The molecule has 5 atom stereocenters. The number of ether oxygens (including phenoxy) is 2. The van der Waals surface area contributed by atoms with E-state index in [0.29, 0.717) is 0 Å². The lowest BCUT2D eigenvalue weighted by Crippen LogP contribution is -2.58. The monoisotopic (exact) mass is 694 g/mol. The third-order valence-corrected chi connectivity index (χ3v) is 19.2. The van der Waals surface area contributed by atoms with E-state index in [4.69, 9.17) is 22.5 Å². The predicted molar refractivity (Wildman–Crippen MR) is 191 cm³/mol. The number of rotatable bonds is 20. The smallest absolute Gasteiger partial charge is 0.264 e. The van der Waals surface area contributed by atoms with Crippen LogP contribution in [0.15, 0.2) is 12.2 Å². The van der Waals surface area contributed by atoms with Crippen LogP contribution in [0.2, 0.25) is 36.3 Å². The van der Waals surface area contributed by atoms with Crippen molar-refractivity contribution < 1.29 is 36.0 Å². The summed E-state index contributed by atoms with van der Waals surface area (Å²) in [6.07, 6.45) is 12.4. The van der Waals surface area contributed by atoms with Crippen LogP contribution in [0, 0.1) is 0 Å². The van der Waals surface area contributed by atoms with Crippen LogP contribution >= 0.6 is 0 Å². The third-order valence-electron chi connectivity index (χ3n) is 9.68. The molecule has 1 aliphatic heterocycles. The normalized spacial score (nSPS) is 22.2. The Morgan fingerprint density at radius 2 is 1.29 bits per heavy atom. The number of aliphatic hydroxyl groups is 1. The molecule has 0 aliphatic carbocycles. The van der Waals surface area contributed by atoms with Crippen molar-refractivity contribution in [3.05, 3.63) is 12.2 Å². The van der Waals surface area contributed by atoms with Gasteiger partial charge in [-0.15, -0.1) is 0 Å². The van der Waals surface area contributed by atoms with E-state index in [1.807, 2.05) is 0 Å². The minimum Gasteiger partial charge on any atom is -0.408 e. The molecule has 1 N–H and O–H groups in total. The summed E-state index contributed by atoms with van der Waals surface area (Å²) in [5, 5.41) is 10.2. The zero-order chi connectivity index (χ0) is 34.9. The maximum Gasteiger partial charge on any atom is 0.264 e.